The van der Waals surface area contributed by atoms with Crippen LogP contribution in [0.2, 0.25) is 0 Å². The molecule has 0 amide bonds. The van der Waals surface area contributed by atoms with Crippen LogP contribution in [0.15, 0.2) is 27.7 Å². The minimum Gasteiger partial charge on any atom is -0.357 e. The van der Waals surface area contributed by atoms with Gasteiger partial charge in [0.15, 0.2) is 11.8 Å². The molecule has 0 saturated carbocycles. The minimum absolute atomic E-state index is 0. The van der Waals surface area contributed by atoms with Crippen LogP contribution in [0.3, 0.4) is 0 Å². The lowest BCUT2D eigenvalue weighted by Gasteiger charge is -2.09. The first-order valence-electron chi connectivity index (χ1n) is 7.15. The zero-order valence-corrected chi connectivity index (χ0v) is 15.7. The molecule has 0 aliphatic carbocycles. The Morgan fingerprint density at radius 3 is 2.70 bits per heavy atom. The second kappa shape index (κ2) is 9.43. The lowest BCUT2D eigenvalue weighted by atomic mass is 10.1. The molecule has 0 bridgehead atoms. The first kappa shape index (κ1) is 19.3. The van der Waals surface area contributed by atoms with Gasteiger partial charge in [-0.05, 0) is 38.0 Å². The Bertz CT molecular complexity index is 659. The fraction of sp³-hybridized carbons (Fsp3) is 0.400. The summed E-state index contributed by atoms with van der Waals surface area (Å²) in [4.78, 5) is 8.52. The monoisotopic (exact) mass is 433 g/mol. The van der Waals surface area contributed by atoms with Crippen molar-refractivity contribution in [3.63, 3.8) is 0 Å². The number of aryl methyl sites for hydroxylation is 2. The summed E-state index contributed by atoms with van der Waals surface area (Å²) >= 11 is 0. The lowest BCUT2D eigenvalue weighted by molar-refractivity contribution is 0.371. The van der Waals surface area contributed by atoms with Gasteiger partial charge in [-0.25, -0.2) is 9.38 Å². The first-order valence-corrected chi connectivity index (χ1v) is 7.15. The van der Waals surface area contributed by atoms with E-state index >= 15 is 0 Å². The summed E-state index contributed by atoms with van der Waals surface area (Å²) in [5.41, 5.74) is 1.44. The van der Waals surface area contributed by atoms with Crippen LogP contribution < -0.4 is 10.6 Å². The van der Waals surface area contributed by atoms with Crippen molar-refractivity contribution in [1.29, 1.82) is 0 Å². The fourth-order valence-electron chi connectivity index (χ4n) is 1.82. The van der Waals surface area contributed by atoms with Crippen molar-refractivity contribution in [1.82, 2.24) is 20.8 Å². The van der Waals surface area contributed by atoms with Gasteiger partial charge in [-0.1, -0.05) is 17.3 Å². The van der Waals surface area contributed by atoms with Gasteiger partial charge in [0.1, 0.15) is 5.82 Å². The molecule has 0 spiro atoms. The predicted molar refractivity (Wildman–Crippen MR) is 97.2 cm³/mol. The second-order valence-electron chi connectivity index (χ2n) is 4.87. The summed E-state index contributed by atoms with van der Waals surface area (Å²) in [7, 11) is 0. The average molecular weight is 433 g/mol. The van der Waals surface area contributed by atoms with E-state index in [2.05, 4.69) is 25.8 Å². The van der Waals surface area contributed by atoms with Gasteiger partial charge in [-0.3, -0.25) is 0 Å². The van der Waals surface area contributed by atoms with Crippen molar-refractivity contribution in [2.24, 2.45) is 4.99 Å². The van der Waals surface area contributed by atoms with E-state index in [-0.39, 0.29) is 29.8 Å². The predicted octanol–water partition coefficient (Wildman–Crippen LogP) is 2.70. The highest BCUT2D eigenvalue weighted by molar-refractivity contribution is 14.0. The van der Waals surface area contributed by atoms with Gasteiger partial charge in [-0.2, -0.15) is 4.98 Å². The molecule has 6 nitrogen and oxygen atoms in total. The summed E-state index contributed by atoms with van der Waals surface area (Å²) in [6.45, 7) is 6.96. The van der Waals surface area contributed by atoms with E-state index in [1.807, 2.05) is 13.0 Å². The number of aliphatic imine (C=N–C) groups is 1. The molecule has 8 heteroatoms. The smallest absolute Gasteiger partial charge is 0.246 e. The molecule has 1 aromatic heterocycles. The molecule has 2 N–H and O–H groups in total. The third kappa shape index (κ3) is 6.12. The summed E-state index contributed by atoms with van der Waals surface area (Å²) in [5, 5.41) is 9.93. The van der Waals surface area contributed by atoms with Crippen molar-refractivity contribution >= 4 is 29.9 Å². The first-order chi connectivity index (χ1) is 10.6. The quantitative estimate of drug-likeness (QED) is 0.431. The van der Waals surface area contributed by atoms with Crippen LogP contribution in [0.5, 0.6) is 0 Å². The molecule has 23 heavy (non-hydrogen) atoms. The molecule has 0 saturated heterocycles. The summed E-state index contributed by atoms with van der Waals surface area (Å²) in [6, 6.07) is 5.12. The number of nitrogens with zero attached hydrogens (tertiary/aromatic N) is 3. The van der Waals surface area contributed by atoms with Crippen LogP contribution in [-0.2, 0) is 13.1 Å². The zero-order valence-electron chi connectivity index (χ0n) is 13.4. The van der Waals surface area contributed by atoms with E-state index in [1.165, 1.54) is 6.07 Å². The van der Waals surface area contributed by atoms with Gasteiger partial charge in [0.25, 0.3) is 0 Å². The average Bonchev–Trinajstić information content (AvgIpc) is 2.91. The lowest BCUT2D eigenvalue weighted by Crippen LogP contribution is -2.36. The van der Waals surface area contributed by atoms with E-state index in [4.69, 9.17) is 4.52 Å². The Morgan fingerprint density at radius 1 is 1.30 bits per heavy atom. The van der Waals surface area contributed by atoms with Crippen molar-refractivity contribution in [3.8, 4) is 0 Å². The fourth-order valence-corrected chi connectivity index (χ4v) is 1.82. The molecule has 0 aliphatic rings. The molecular weight excluding hydrogens is 412 g/mol. The van der Waals surface area contributed by atoms with Crippen molar-refractivity contribution in [2.45, 2.75) is 33.9 Å². The summed E-state index contributed by atoms with van der Waals surface area (Å²) in [5.74, 6) is 1.48. The van der Waals surface area contributed by atoms with E-state index < -0.39 is 0 Å². The molecule has 2 aromatic rings. The maximum absolute atomic E-state index is 13.5. The van der Waals surface area contributed by atoms with E-state index in [0.29, 0.717) is 36.3 Å². The van der Waals surface area contributed by atoms with Gasteiger partial charge >= 0.3 is 0 Å². The molecule has 0 aliphatic heterocycles. The molecule has 1 aromatic carbocycles. The Hall–Kier alpha value is -1.71. The van der Waals surface area contributed by atoms with Crippen LogP contribution in [0.1, 0.15) is 29.8 Å². The standard InChI is InChI=1S/C15H20FN5O.HI/c1-4-17-15(19-9-14-20-11(3)21-22-14)18-8-12-6-5-10(2)13(16)7-12;/h5-7H,4,8-9H2,1-3H3,(H2,17,18,19);1H. The molecule has 0 atom stereocenters. The van der Waals surface area contributed by atoms with E-state index in [1.54, 1.807) is 19.9 Å². The van der Waals surface area contributed by atoms with E-state index in [9.17, 15) is 4.39 Å². The van der Waals surface area contributed by atoms with Crippen molar-refractivity contribution < 1.29 is 8.91 Å². The molecule has 1 heterocycles. The highest BCUT2D eigenvalue weighted by Crippen LogP contribution is 2.10. The maximum atomic E-state index is 13.5. The third-order valence-electron chi connectivity index (χ3n) is 2.98. The van der Waals surface area contributed by atoms with Gasteiger partial charge in [-0.15, -0.1) is 24.0 Å². The number of benzene rings is 1. The minimum atomic E-state index is -0.216. The van der Waals surface area contributed by atoms with Gasteiger partial charge in [0.2, 0.25) is 5.89 Å². The van der Waals surface area contributed by atoms with Crippen LogP contribution in [0.25, 0.3) is 0 Å². The number of aromatic nitrogens is 2. The van der Waals surface area contributed by atoms with Gasteiger partial charge in [0.05, 0.1) is 13.1 Å². The Morgan fingerprint density at radius 2 is 2.09 bits per heavy atom. The van der Waals surface area contributed by atoms with Gasteiger partial charge in [0, 0.05) is 6.54 Å². The zero-order chi connectivity index (χ0) is 15.9. The Labute approximate surface area is 152 Å². The highest BCUT2D eigenvalue weighted by atomic mass is 127. The van der Waals surface area contributed by atoms with Crippen LogP contribution in [0.4, 0.5) is 4.39 Å². The normalized spacial score (nSPS) is 11.0. The van der Waals surface area contributed by atoms with Crippen LogP contribution in [0, 0.1) is 19.7 Å². The number of hydrogen-bond donors (Lipinski definition) is 2. The topological polar surface area (TPSA) is 75.3 Å². The molecule has 0 unspecified atom stereocenters. The summed E-state index contributed by atoms with van der Waals surface area (Å²) in [6.07, 6.45) is 0. The number of rotatable bonds is 5. The second-order valence-corrected chi connectivity index (χ2v) is 4.87. The molecule has 0 fully saturated rings. The Balaban J connectivity index is 0.00000264. The molecule has 0 radical (unpaired) electrons. The Kier molecular flexibility index (Phi) is 7.93. The number of nitrogens with one attached hydrogen (secondary N) is 2. The van der Waals surface area contributed by atoms with Crippen LogP contribution >= 0.6 is 24.0 Å². The maximum Gasteiger partial charge on any atom is 0.246 e. The highest BCUT2D eigenvalue weighted by Gasteiger charge is 2.04. The number of guanidine groups is 1. The third-order valence-corrected chi connectivity index (χ3v) is 2.98. The SMILES string of the molecule is CCNC(=NCc1ccc(C)c(F)c1)NCc1nc(C)no1.I. The number of hydrogen-bond acceptors (Lipinski definition) is 4. The van der Waals surface area contributed by atoms with Crippen molar-refractivity contribution in [2.75, 3.05) is 6.54 Å². The van der Waals surface area contributed by atoms with Crippen molar-refractivity contribution in [3.05, 3.63) is 46.9 Å². The summed E-state index contributed by atoms with van der Waals surface area (Å²) < 4.78 is 18.5. The molecule has 126 valence electrons. The van der Waals surface area contributed by atoms with Gasteiger partial charge < -0.3 is 15.2 Å². The molecule has 2 rings (SSSR count). The number of halogens is 2. The largest absolute Gasteiger partial charge is 0.357 e. The van der Waals surface area contributed by atoms with Crippen LogP contribution in [-0.4, -0.2) is 22.6 Å². The molecular formula is C15H21FIN5O. The van der Waals surface area contributed by atoms with E-state index in [0.717, 1.165) is 12.1 Å².